The number of aromatic nitrogens is 4. The molecule has 0 unspecified atom stereocenters. The van der Waals surface area contributed by atoms with Gasteiger partial charge < -0.3 is 9.47 Å². The third kappa shape index (κ3) is 1.94. The van der Waals surface area contributed by atoms with E-state index in [0.717, 1.165) is 54.2 Å². The number of benzene rings is 1. The maximum Gasteiger partial charge on any atom is 0.182 e. The first-order chi connectivity index (χ1) is 10.8. The second-order valence-corrected chi connectivity index (χ2v) is 5.66. The molecule has 6 nitrogen and oxygen atoms in total. The lowest BCUT2D eigenvalue weighted by Gasteiger charge is -2.24. The van der Waals surface area contributed by atoms with Crippen molar-refractivity contribution in [3.05, 3.63) is 29.7 Å². The Labute approximate surface area is 128 Å². The molecular formula is C16H18N4O2. The molecule has 3 heterocycles. The van der Waals surface area contributed by atoms with Gasteiger partial charge >= 0.3 is 0 Å². The van der Waals surface area contributed by atoms with Crippen molar-refractivity contribution in [1.29, 1.82) is 0 Å². The van der Waals surface area contributed by atoms with Gasteiger partial charge in [-0.05, 0) is 37.3 Å². The number of nitrogens with zero attached hydrogens (tertiary/aromatic N) is 4. The summed E-state index contributed by atoms with van der Waals surface area (Å²) in [6.07, 6.45) is 3.79. The summed E-state index contributed by atoms with van der Waals surface area (Å²) >= 11 is 0. The van der Waals surface area contributed by atoms with Crippen LogP contribution >= 0.6 is 0 Å². The largest absolute Gasteiger partial charge is 0.494 e. The molecule has 1 aromatic carbocycles. The van der Waals surface area contributed by atoms with Gasteiger partial charge in [0.25, 0.3) is 0 Å². The molecule has 0 atom stereocenters. The third-order valence-corrected chi connectivity index (χ3v) is 4.42. The molecule has 3 aromatic rings. The summed E-state index contributed by atoms with van der Waals surface area (Å²) in [5, 5.41) is 8.19. The van der Waals surface area contributed by atoms with Gasteiger partial charge in [0.15, 0.2) is 5.65 Å². The molecule has 4 rings (SSSR count). The lowest BCUT2D eigenvalue weighted by Crippen LogP contribution is -2.15. The van der Waals surface area contributed by atoms with Crippen LogP contribution in [0.1, 0.15) is 30.0 Å². The molecular weight excluding hydrogens is 280 g/mol. The van der Waals surface area contributed by atoms with Gasteiger partial charge in [-0.15, -0.1) is 10.2 Å². The molecule has 0 amide bonds. The van der Waals surface area contributed by atoms with Gasteiger partial charge in [0.05, 0.1) is 18.3 Å². The van der Waals surface area contributed by atoms with Crippen LogP contribution in [0.25, 0.3) is 16.7 Å². The van der Waals surface area contributed by atoms with E-state index in [0.29, 0.717) is 5.92 Å². The van der Waals surface area contributed by atoms with Gasteiger partial charge in [0, 0.05) is 13.2 Å². The lowest BCUT2D eigenvalue weighted by molar-refractivity contribution is 0.0855. The Kier molecular flexibility index (Phi) is 3.18. The second-order valence-electron chi connectivity index (χ2n) is 5.66. The summed E-state index contributed by atoms with van der Waals surface area (Å²) in [6.45, 7) is 3.59. The Morgan fingerprint density at radius 3 is 2.86 bits per heavy atom. The van der Waals surface area contributed by atoms with Crippen LogP contribution in [0.3, 0.4) is 0 Å². The Bertz CT molecular complexity index is 837. The summed E-state index contributed by atoms with van der Waals surface area (Å²) in [5.41, 5.74) is 4.84. The molecule has 0 radical (unpaired) electrons. The van der Waals surface area contributed by atoms with Crippen LogP contribution in [0.4, 0.5) is 0 Å². The highest BCUT2D eigenvalue weighted by Gasteiger charge is 2.22. The highest BCUT2D eigenvalue weighted by Crippen LogP contribution is 2.36. The number of hydrogen-bond acceptors (Lipinski definition) is 5. The minimum Gasteiger partial charge on any atom is -0.494 e. The average molecular weight is 298 g/mol. The van der Waals surface area contributed by atoms with E-state index in [1.807, 2.05) is 17.4 Å². The molecule has 0 aliphatic carbocycles. The second kappa shape index (κ2) is 5.21. The zero-order valence-electron chi connectivity index (χ0n) is 12.7. The van der Waals surface area contributed by atoms with Crippen molar-refractivity contribution in [2.75, 3.05) is 20.3 Å². The smallest absolute Gasteiger partial charge is 0.182 e. The van der Waals surface area contributed by atoms with Crippen molar-refractivity contribution in [3.8, 4) is 5.75 Å². The quantitative estimate of drug-likeness (QED) is 0.727. The zero-order chi connectivity index (χ0) is 15.1. The van der Waals surface area contributed by atoms with Crippen LogP contribution in [-0.4, -0.2) is 39.9 Å². The first-order valence-corrected chi connectivity index (χ1v) is 7.54. The zero-order valence-corrected chi connectivity index (χ0v) is 12.7. The van der Waals surface area contributed by atoms with Crippen LogP contribution in [-0.2, 0) is 4.74 Å². The molecule has 22 heavy (non-hydrogen) atoms. The Morgan fingerprint density at radius 2 is 2.09 bits per heavy atom. The number of aryl methyl sites for hydroxylation is 1. The molecule has 0 saturated carbocycles. The lowest BCUT2D eigenvalue weighted by atomic mass is 9.90. The number of hydrogen-bond donors (Lipinski definition) is 0. The van der Waals surface area contributed by atoms with Gasteiger partial charge in [-0.1, -0.05) is 6.07 Å². The summed E-state index contributed by atoms with van der Waals surface area (Å²) in [4.78, 5) is 4.82. The van der Waals surface area contributed by atoms with E-state index in [1.165, 1.54) is 5.56 Å². The van der Waals surface area contributed by atoms with E-state index in [9.17, 15) is 0 Å². The molecule has 0 spiro atoms. The number of methoxy groups -OCH3 is 1. The van der Waals surface area contributed by atoms with Crippen LogP contribution in [0.5, 0.6) is 5.75 Å². The third-order valence-electron chi connectivity index (χ3n) is 4.42. The number of ether oxygens (including phenoxy) is 2. The number of rotatable bonds is 2. The van der Waals surface area contributed by atoms with Gasteiger partial charge in [0.2, 0.25) is 0 Å². The molecule has 0 N–H and O–H groups in total. The van der Waals surface area contributed by atoms with E-state index in [1.54, 1.807) is 13.4 Å². The fourth-order valence-corrected chi connectivity index (χ4v) is 3.29. The normalized spacial score (nSPS) is 16.5. The first-order valence-electron chi connectivity index (χ1n) is 7.54. The Morgan fingerprint density at radius 1 is 1.27 bits per heavy atom. The van der Waals surface area contributed by atoms with Crippen LogP contribution in [0, 0.1) is 6.92 Å². The van der Waals surface area contributed by atoms with Crippen molar-refractivity contribution >= 4 is 16.7 Å². The maximum absolute atomic E-state index is 5.55. The molecule has 1 saturated heterocycles. The topological polar surface area (TPSA) is 61.5 Å². The monoisotopic (exact) mass is 298 g/mol. The summed E-state index contributed by atoms with van der Waals surface area (Å²) in [7, 11) is 1.68. The maximum atomic E-state index is 5.55. The van der Waals surface area contributed by atoms with Gasteiger partial charge in [-0.25, -0.2) is 4.98 Å². The molecule has 1 aliphatic heterocycles. The van der Waals surface area contributed by atoms with Gasteiger partial charge in [-0.2, -0.15) is 0 Å². The highest BCUT2D eigenvalue weighted by atomic mass is 16.5. The first kappa shape index (κ1) is 13.5. The molecule has 2 aromatic heterocycles. The summed E-state index contributed by atoms with van der Waals surface area (Å²) < 4.78 is 13.0. The minimum atomic E-state index is 0.475. The fraction of sp³-hybridized carbons (Fsp3) is 0.438. The predicted molar refractivity (Wildman–Crippen MR) is 82.4 cm³/mol. The van der Waals surface area contributed by atoms with Crippen LogP contribution < -0.4 is 4.74 Å². The van der Waals surface area contributed by atoms with Gasteiger partial charge in [0.1, 0.15) is 17.6 Å². The number of fused-ring (bicyclic) bond motifs is 3. The standard InChI is InChI=1S/C16H18N4O2/c1-10-16-19-17-9-20(16)15-13(21-2)4-3-12(14(15)18-10)11-5-7-22-8-6-11/h3-4,9,11H,5-8H2,1-2H3. The van der Waals surface area contributed by atoms with E-state index >= 15 is 0 Å². The molecule has 114 valence electrons. The molecule has 6 heteroatoms. The Balaban J connectivity index is 2.04. The van der Waals surface area contributed by atoms with Crippen molar-refractivity contribution in [2.45, 2.75) is 25.7 Å². The van der Waals surface area contributed by atoms with Crippen LogP contribution in [0.2, 0.25) is 0 Å². The highest BCUT2D eigenvalue weighted by molar-refractivity contribution is 5.87. The SMILES string of the molecule is COc1ccc(C2CCOCC2)c2nc(C)c3nncn3c12. The Hall–Kier alpha value is -2.21. The van der Waals surface area contributed by atoms with E-state index in [4.69, 9.17) is 14.5 Å². The predicted octanol–water partition coefficient (Wildman–Crippen LogP) is 2.49. The van der Waals surface area contributed by atoms with Gasteiger partial charge in [-0.3, -0.25) is 4.40 Å². The average Bonchev–Trinajstić information content (AvgIpc) is 3.05. The molecule has 1 aliphatic rings. The fourth-order valence-electron chi connectivity index (χ4n) is 3.29. The summed E-state index contributed by atoms with van der Waals surface area (Å²) in [6, 6.07) is 4.16. The van der Waals surface area contributed by atoms with E-state index in [2.05, 4.69) is 16.3 Å². The van der Waals surface area contributed by atoms with E-state index in [-0.39, 0.29) is 0 Å². The van der Waals surface area contributed by atoms with Crippen molar-refractivity contribution in [3.63, 3.8) is 0 Å². The molecule has 1 fully saturated rings. The van der Waals surface area contributed by atoms with Crippen molar-refractivity contribution in [1.82, 2.24) is 19.6 Å². The summed E-state index contributed by atoms with van der Waals surface area (Å²) in [5.74, 6) is 1.27. The molecule has 0 bridgehead atoms. The van der Waals surface area contributed by atoms with E-state index < -0.39 is 0 Å². The van der Waals surface area contributed by atoms with Crippen molar-refractivity contribution in [2.24, 2.45) is 0 Å². The van der Waals surface area contributed by atoms with Crippen molar-refractivity contribution < 1.29 is 9.47 Å². The minimum absolute atomic E-state index is 0.475. The van der Waals surface area contributed by atoms with Crippen LogP contribution in [0.15, 0.2) is 18.5 Å².